The Morgan fingerprint density at radius 1 is 0.862 bits per heavy atom. The lowest BCUT2D eigenvalue weighted by atomic mass is 9.88. The van der Waals surface area contributed by atoms with Crippen LogP contribution >= 0.6 is 0 Å². The van der Waals surface area contributed by atoms with E-state index in [0.717, 1.165) is 42.0 Å². The fraction of sp³-hybridized carbons (Fsp3) is 0.280. The fourth-order valence-corrected chi connectivity index (χ4v) is 3.77. The Balaban J connectivity index is 1.36. The average molecular weight is 391 g/mol. The van der Waals surface area contributed by atoms with Crippen LogP contribution in [0.4, 0.5) is 4.39 Å². The van der Waals surface area contributed by atoms with Crippen LogP contribution in [-0.4, -0.2) is 19.2 Å². The number of rotatable bonds is 7. The molecule has 1 saturated heterocycles. The lowest BCUT2D eigenvalue weighted by Gasteiger charge is -2.32. The van der Waals surface area contributed by atoms with Crippen molar-refractivity contribution < 1.29 is 13.9 Å². The van der Waals surface area contributed by atoms with Crippen molar-refractivity contribution in [3.8, 4) is 5.75 Å². The van der Waals surface area contributed by atoms with Gasteiger partial charge < -0.3 is 14.8 Å². The average Bonchev–Trinajstić information content (AvgIpc) is 2.78. The van der Waals surface area contributed by atoms with Crippen LogP contribution < -0.4 is 10.1 Å². The van der Waals surface area contributed by atoms with E-state index in [4.69, 9.17) is 9.47 Å². The maximum Gasteiger partial charge on any atom is 0.123 e. The Kier molecular flexibility index (Phi) is 6.55. The summed E-state index contributed by atoms with van der Waals surface area (Å²) in [6.45, 7) is 2.81. The van der Waals surface area contributed by atoms with Crippen LogP contribution in [-0.2, 0) is 18.0 Å². The smallest absolute Gasteiger partial charge is 0.123 e. The van der Waals surface area contributed by atoms with Gasteiger partial charge in [-0.05, 0) is 53.9 Å². The number of piperidine rings is 1. The summed E-state index contributed by atoms with van der Waals surface area (Å²) >= 11 is 0. The Morgan fingerprint density at radius 2 is 1.66 bits per heavy atom. The molecule has 1 heterocycles. The molecule has 1 aliphatic rings. The fourth-order valence-electron chi connectivity index (χ4n) is 3.77. The van der Waals surface area contributed by atoms with Crippen molar-refractivity contribution in [3.63, 3.8) is 0 Å². The minimum absolute atomic E-state index is 0.0584. The first-order valence-corrected chi connectivity index (χ1v) is 10.1. The third-order valence-corrected chi connectivity index (χ3v) is 5.34. The third kappa shape index (κ3) is 5.43. The standard InChI is InChI=1S/C25H26FNO2/c26-22-11-9-21(10-12-22)24-13-14-27-16-25(24)29-18-20-7-4-8-23(15-20)28-17-19-5-2-1-3-6-19/h1-12,15,24-25,27H,13-14,16-18H2. The van der Waals surface area contributed by atoms with E-state index in [2.05, 4.69) is 23.5 Å². The van der Waals surface area contributed by atoms with E-state index in [9.17, 15) is 4.39 Å². The first-order chi connectivity index (χ1) is 14.3. The van der Waals surface area contributed by atoms with Gasteiger partial charge in [-0.3, -0.25) is 0 Å². The first-order valence-electron chi connectivity index (χ1n) is 10.1. The van der Waals surface area contributed by atoms with Gasteiger partial charge >= 0.3 is 0 Å². The minimum atomic E-state index is -0.201. The molecule has 2 atom stereocenters. The number of nitrogens with one attached hydrogen (secondary N) is 1. The van der Waals surface area contributed by atoms with Gasteiger partial charge in [-0.15, -0.1) is 0 Å². The molecular formula is C25H26FNO2. The molecule has 4 heteroatoms. The molecule has 1 fully saturated rings. The molecule has 0 aliphatic carbocycles. The maximum atomic E-state index is 13.3. The Bertz CT molecular complexity index is 898. The SMILES string of the molecule is Fc1ccc(C2CCNCC2OCc2cccc(OCc3ccccc3)c2)cc1. The van der Waals surface area contributed by atoms with Crippen LogP contribution in [0.15, 0.2) is 78.9 Å². The summed E-state index contributed by atoms with van der Waals surface area (Å²) in [6.07, 6.45) is 1.04. The predicted octanol–water partition coefficient (Wildman–Crippen LogP) is 5.07. The summed E-state index contributed by atoms with van der Waals surface area (Å²) in [6, 6.07) is 25.0. The molecule has 0 amide bonds. The van der Waals surface area contributed by atoms with Crippen molar-refractivity contribution in [3.05, 3.63) is 101 Å². The summed E-state index contributed by atoms with van der Waals surface area (Å²) in [5, 5.41) is 3.41. The number of ether oxygens (including phenoxy) is 2. The summed E-state index contributed by atoms with van der Waals surface area (Å²) in [4.78, 5) is 0. The highest BCUT2D eigenvalue weighted by atomic mass is 19.1. The quantitative estimate of drug-likeness (QED) is 0.610. The lowest BCUT2D eigenvalue weighted by molar-refractivity contribution is 0.0105. The number of hydrogen-bond donors (Lipinski definition) is 1. The largest absolute Gasteiger partial charge is 0.489 e. The van der Waals surface area contributed by atoms with E-state index < -0.39 is 0 Å². The highest BCUT2D eigenvalue weighted by Gasteiger charge is 2.27. The molecule has 3 aromatic carbocycles. The molecule has 0 bridgehead atoms. The van der Waals surface area contributed by atoms with Crippen molar-refractivity contribution in [2.75, 3.05) is 13.1 Å². The van der Waals surface area contributed by atoms with Crippen LogP contribution in [0.2, 0.25) is 0 Å². The second-order valence-electron chi connectivity index (χ2n) is 7.42. The molecule has 0 radical (unpaired) electrons. The molecule has 3 nitrogen and oxygen atoms in total. The Hall–Kier alpha value is -2.69. The summed E-state index contributed by atoms with van der Waals surface area (Å²) in [5.41, 5.74) is 3.36. The van der Waals surface area contributed by atoms with Crippen LogP contribution in [0.3, 0.4) is 0 Å². The first kappa shape index (κ1) is 19.6. The summed E-state index contributed by atoms with van der Waals surface area (Å²) < 4.78 is 25.5. The lowest BCUT2D eigenvalue weighted by Crippen LogP contribution is -2.40. The normalized spacial score (nSPS) is 19.1. The molecule has 0 saturated carbocycles. The van der Waals surface area contributed by atoms with E-state index in [1.807, 2.05) is 48.5 Å². The molecule has 150 valence electrons. The van der Waals surface area contributed by atoms with E-state index in [-0.39, 0.29) is 17.8 Å². The Morgan fingerprint density at radius 3 is 2.48 bits per heavy atom. The maximum absolute atomic E-state index is 13.3. The zero-order chi connectivity index (χ0) is 19.9. The molecule has 29 heavy (non-hydrogen) atoms. The van der Waals surface area contributed by atoms with Gasteiger partial charge in [-0.1, -0.05) is 54.6 Å². The van der Waals surface area contributed by atoms with Crippen molar-refractivity contribution in [1.29, 1.82) is 0 Å². The van der Waals surface area contributed by atoms with Crippen molar-refractivity contribution >= 4 is 0 Å². The molecule has 1 N–H and O–H groups in total. The van der Waals surface area contributed by atoms with E-state index in [1.165, 1.54) is 12.1 Å². The van der Waals surface area contributed by atoms with E-state index in [1.54, 1.807) is 0 Å². The summed E-state index contributed by atoms with van der Waals surface area (Å²) in [7, 11) is 0. The number of hydrogen-bond acceptors (Lipinski definition) is 3. The van der Waals surface area contributed by atoms with Crippen LogP contribution in [0, 0.1) is 5.82 Å². The van der Waals surface area contributed by atoms with Gasteiger partial charge in [0.15, 0.2) is 0 Å². The summed E-state index contributed by atoms with van der Waals surface area (Å²) in [5.74, 6) is 0.911. The van der Waals surface area contributed by atoms with Gasteiger partial charge in [-0.25, -0.2) is 4.39 Å². The molecular weight excluding hydrogens is 365 g/mol. The highest BCUT2D eigenvalue weighted by molar-refractivity contribution is 5.29. The zero-order valence-electron chi connectivity index (χ0n) is 16.4. The Labute approximate surface area is 171 Å². The van der Waals surface area contributed by atoms with Crippen LogP contribution in [0.5, 0.6) is 5.75 Å². The van der Waals surface area contributed by atoms with Gasteiger partial charge in [0, 0.05) is 12.5 Å². The van der Waals surface area contributed by atoms with Crippen molar-refractivity contribution in [2.24, 2.45) is 0 Å². The molecule has 1 aliphatic heterocycles. The van der Waals surface area contributed by atoms with Crippen LogP contribution in [0.25, 0.3) is 0 Å². The zero-order valence-corrected chi connectivity index (χ0v) is 16.4. The van der Waals surface area contributed by atoms with Crippen molar-refractivity contribution in [2.45, 2.75) is 31.7 Å². The minimum Gasteiger partial charge on any atom is -0.489 e. The van der Waals surface area contributed by atoms with Gasteiger partial charge in [0.1, 0.15) is 18.2 Å². The van der Waals surface area contributed by atoms with Gasteiger partial charge in [0.05, 0.1) is 12.7 Å². The topological polar surface area (TPSA) is 30.5 Å². The van der Waals surface area contributed by atoms with Gasteiger partial charge in [-0.2, -0.15) is 0 Å². The monoisotopic (exact) mass is 391 g/mol. The van der Waals surface area contributed by atoms with Gasteiger partial charge in [0.2, 0.25) is 0 Å². The highest BCUT2D eigenvalue weighted by Crippen LogP contribution is 2.29. The molecule has 3 aromatic rings. The second-order valence-corrected chi connectivity index (χ2v) is 7.42. The molecule has 4 rings (SSSR count). The molecule has 0 aromatic heterocycles. The van der Waals surface area contributed by atoms with Crippen molar-refractivity contribution in [1.82, 2.24) is 5.32 Å². The number of benzene rings is 3. The number of halogens is 1. The third-order valence-electron chi connectivity index (χ3n) is 5.34. The second kappa shape index (κ2) is 9.68. The molecule has 2 unspecified atom stereocenters. The van der Waals surface area contributed by atoms with E-state index >= 15 is 0 Å². The predicted molar refractivity (Wildman–Crippen MR) is 112 cm³/mol. The molecule has 0 spiro atoms. The van der Waals surface area contributed by atoms with E-state index in [0.29, 0.717) is 13.2 Å². The van der Waals surface area contributed by atoms with Crippen LogP contribution in [0.1, 0.15) is 29.0 Å². The van der Waals surface area contributed by atoms with Gasteiger partial charge in [0.25, 0.3) is 0 Å².